The third-order valence-corrected chi connectivity index (χ3v) is 2.85. The first-order chi connectivity index (χ1) is 6.70. The number of rotatable bonds is 2. The molecule has 2 aliphatic rings. The summed E-state index contributed by atoms with van der Waals surface area (Å²) in [6.45, 7) is 3.72. The van der Waals surface area contributed by atoms with Crippen molar-refractivity contribution in [2.45, 2.75) is 24.7 Å². The monoisotopic (exact) mass is 200 g/mol. The van der Waals surface area contributed by atoms with E-state index in [1.165, 1.54) is 0 Å². The molecule has 0 amide bonds. The zero-order chi connectivity index (χ0) is 10.0. The Kier molecular flexibility index (Phi) is 3.07. The lowest BCUT2D eigenvalue weighted by Crippen LogP contribution is -2.43. The Bertz CT molecular complexity index is 191. The average molecular weight is 200 g/mol. The smallest absolute Gasteiger partial charge is 0.171 e. The summed E-state index contributed by atoms with van der Waals surface area (Å²) in [7, 11) is 4.13. The topological polar surface area (TPSA) is 33.7 Å². The normalized spacial score (nSPS) is 31.5. The molecule has 2 saturated heterocycles. The summed E-state index contributed by atoms with van der Waals surface area (Å²) in [6, 6.07) is 0. The second kappa shape index (κ2) is 4.14. The minimum atomic E-state index is -0.258. The van der Waals surface area contributed by atoms with Crippen LogP contribution in [0.2, 0.25) is 0 Å². The van der Waals surface area contributed by atoms with Crippen LogP contribution in [0, 0.1) is 0 Å². The van der Waals surface area contributed by atoms with Gasteiger partial charge in [-0.05, 0) is 14.1 Å². The van der Waals surface area contributed by atoms with Crippen molar-refractivity contribution in [1.29, 1.82) is 0 Å². The summed E-state index contributed by atoms with van der Waals surface area (Å²) in [5.74, 6) is -0.258. The molecule has 14 heavy (non-hydrogen) atoms. The molecule has 4 heteroatoms. The van der Waals surface area contributed by atoms with Crippen LogP contribution in [0.25, 0.3) is 0 Å². The quantitative estimate of drug-likeness (QED) is 0.682. The van der Waals surface area contributed by atoms with Gasteiger partial charge in [0.2, 0.25) is 0 Å². The molecule has 0 aromatic heterocycles. The minimum Gasteiger partial charge on any atom is -0.347 e. The second-order valence-electron chi connectivity index (χ2n) is 4.47. The zero-order valence-corrected chi connectivity index (χ0v) is 9.08. The van der Waals surface area contributed by atoms with Gasteiger partial charge in [-0.25, -0.2) is 0 Å². The Morgan fingerprint density at radius 3 is 2.71 bits per heavy atom. The Labute approximate surface area is 85.5 Å². The third-order valence-electron chi connectivity index (χ3n) is 2.85. The van der Waals surface area contributed by atoms with Gasteiger partial charge in [0.15, 0.2) is 5.79 Å². The fourth-order valence-corrected chi connectivity index (χ4v) is 2.18. The van der Waals surface area contributed by atoms with Crippen LogP contribution in [-0.4, -0.2) is 57.1 Å². The summed E-state index contributed by atoms with van der Waals surface area (Å²) in [5.41, 5.74) is 0. The maximum Gasteiger partial charge on any atom is 0.171 e. The van der Waals surface area contributed by atoms with Crippen LogP contribution in [-0.2, 0) is 9.47 Å². The van der Waals surface area contributed by atoms with Gasteiger partial charge < -0.3 is 19.7 Å². The largest absolute Gasteiger partial charge is 0.347 e. The van der Waals surface area contributed by atoms with E-state index in [1.807, 2.05) is 0 Å². The molecule has 0 aliphatic carbocycles. The van der Waals surface area contributed by atoms with Crippen molar-refractivity contribution in [3.8, 4) is 0 Å². The molecule has 0 radical (unpaired) electrons. The summed E-state index contributed by atoms with van der Waals surface area (Å²) in [4.78, 5) is 2.15. The average Bonchev–Trinajstić information content (AvgIpc) is 2.49. The van der Waals surface area contributed by atoms with Gasteiger partial charge in [-0.15, -0.1) is 0 Å². The highest BCUT2D eigenvalue weighted by atomic mass is 16.7. The second-order valence-corrected chi connectivity index (χ2v) is 4.47. The van der Waals surface area contributed by atoms with Crippen LogP contribution in [0.15, 0.2) is 0 Å². The highest BCUT2D eigenvalue weighted by Gasteiger charge is 2.42. The maximum absolute atomic E-state index is 6.00. The van der Waals surface area contributed by atoms with Crippen molar-refractivity contribution in [3.05, 3.63) is 0 Å². The van der Waals surface area contributed by atoms with E-state index >= 15 is 0 Å². The molecule has 1 atom stereocenters. The molecule has 1 unspecified atom stereocenters. The van der Waals surface area contributed by atoms with Crippen LogP contribution in [0.5, 0.6) is 0 Å². The summed E-state index contributed by atoms with van der Waals surface area (Å²) < 4.78 is 11.8. The number of ether oxygens (including phenoxy) is 2. The summed E-state index contributed by atoms with van der Waals surface area (Å²) in [6.07, 6.45) is 2.22. The van der Waals surface area contributed by atoms with E-state index < -0.39 is 0 Å². The van der Waals surface area contributed by atoms with Crippen molar-refractivity contribution in [1.82, 2.24) is 10.2 Å². The standard InChI is InChI=1S/C10H20N2O2/c1-12(2)7-9-8-13-10(14-9)3-5-11-6-4-10/h9,11H,3-8H2,1-2H3. The third kappa shape index (κ3) is 2.25. The van der Waals surface area contributed by atoms with Gasteiger partial charge in [0.05, 0.1) is 12.7 Å². The first kappa shape index (κ1) is 10.4. The van der Waals surface area contributed by atoms with Crippen molar-refractivity contribution in [3.63, 3.8) is 0 Å². The molecule has 2 rings (SSSR count). The molecule has 4 nitrogen and oxygen atoms in total. The molecule has 0 bridgehead atoms. The Morgan fingerprint density at radius 2 is 2.07 bits per heavy atom. The van der Waals surface area contributed by atoms with E-state index in [1.54, 1.807) is 0 Å². The van der Waals surface area contributed by atoms with Crippen LogP contribution in [0.4, 0.5) is 0 Å². The number of likely N-dealkylation sites (N-methyl/N-ethyl adjacent to an activating group) is 1. The molecular formula is C10H20N2O2. The lowest BCUT2D eigenvalue weighted by atomic mass is 10.1. The molecule has 0 aromatic rings. The molecule has 0 saturated carbocycles. The number of nitrogens with zero attached hydrogens (tertiary/aromatic N) is 1. The minimum absolute atomic E-state index is 0.253. The maximum atomic E-state index is 6.00. The molecule has 2 heterocycles. The molecule has 82 valence electrons. The van der Waals surface area contributed by atoms with Gasteiger partial charge in [0.1, 0.15) is 0 Å². The molecule has 0 aromatic carbocycles. The first-order valence-electron chi connectivity index (χ1n) is 5.37. The first-order valence-corrected chi connectivity index (χ1v) is 5.37. The van der Waals surface area contributed by atoms with Crippen LogP contribution >= 0.6 is 0 Å². The molecule has 2 fully saturated rings. The molecule has 2 aliphatic heterocycles. The predicted octanol–water partition coefficient (Wildman–Crippen LogP) is 0.0431. The number of hydrogen-bond acceptors (Lipinski definition) is 4. The van der Waals surface area contributed by atoms with Crippen molar-refractivity contribution in [2.75, 3.05) is 40.3 Å². The van der Waals surface area contributed by atoms with E-state index in [2.05, 4.69) is 24.3 Å². The van der Waals surface area contributed by atoms with E-state index in [0.717, 1.165) is 39.1 Å². The SMILES string of the molecule is CN(C)CC1COC2(CCNCC2)O1. The Balaban J connectivity index is 1.86. The van der Waals surface area contributed by atoms with Gasteiger partial charge in [-0.3, -0.25) is 0 Å². The van der Waals surface area contributed by atoms with Crippen molar-refractivity contribution < 1.29 is 9.47 Å². The predicted molar refractivity (Wildman–Crippen MR) is 54.2 cm³/mol. The van der Waals surface area contributed by atoms with E-state index in [0.29, 0.717) is 0 Å². The lowest BCUT2D eigenvalue weighted by molar-refractivity contribution is -0.183. The van der Waals surface area contributed by atoms with E-state index in [9.17, 15) is 0 Å². The zero-order valence-electron chi connectivity index (χ0n) is 9.08. The van der Waals surface area contributed by atoms with Gasteiger partial charge in [0.25, 0.3) is 0 Å². The molecular weight excluding hydrogens is 180 g/mol. The Morgan fingerprint density at radius 1 is 1.36 bits per heavy atom. The van der Waals surface area contributed by atoms with Gasteiger partial charge in [-0.1, -0.05) is 0 Å². The van der Waals surface area contributed by atoms with Crippen LogP contribution in [0.3, 0.4) is 0 Å². The van der Waals surface area contributed by atoms with Crippen LogP contribution in [0.1, 0.15) is 12.8 Å². The van der Waals surface area contributed by atoms with E-state index in [4.69, 9.17) is 9.47 Å². The number of nitrogens with one attached hydrogen (secondary N) is 1. The highest BCUT2D eigenvalue weighted by Crippen LogP contribution is 2.31. The fourth-order valence-electron chi connectivity index (χ4n) is 2.18. The summed E-state index contributed by atoms with van der Waals surface area (Å²) in [5, 5.41) is 3.32. The lowest BCUT2D eigenvalue weighted by Gasteiger charge is -2.32. The molecule has 1 N–H and O–H groups in total. The van der Waals surface area contributed by atoms with Crippen molar-refractivity contribution in [2.24, 2.45) is 0 Å². The molecule has 1 spiro atoms. The van der Waals surface area contributed by atoms with Crippen molar-refractivity contribution >= 4 is 0 Å². The van der Waals surface area contributed by atoms with E-state index in [-0.39, 0.29) is 11.9 Å². The van der Waals surface area contributed by atoms with Crippen LogP contribution < -0.4 is 5.32 Å². The highest BCUT2D eigenvalue weighted by molar-refractivity contribution is 4.84. The fraction of sp³-hybridized carbons (Fsp3) is 1.00. The van der Waals surface area contributed by atoms with Gasteiger partial charge in [0, 0.05) is 32.5 Å². The number of hydrogen-bond donors (Lipinski definition) is 1. The Hall–Kier alpha value is -0.160. The number of piperidine rings is 1. The van der Waals surface area contributed by atoms with Gasteiger partial charge >= 0.3 is 0 Å². The van der Waals surface area contributed by atoms with Gasteiger partial charge in [-0.2, -0.15) is 0 Å². The summed E-state index contributed by atoms with van der Waals surface area (Å²) >= 11 is 0.